The molecule has 0 amide bonds. The topological polar surface area (TPSA) is 40.1 Å². The highest BCUT2D eigenvalue weighted by Crippen LogP contribution is 2.33. The van der Waals surface area contributed by atoms with Crippen molar-refractivity contribution < 1.29 is 9.90 Å². The molecule has 3 aromatic rings. The number of aromatic carboxylic acids is 1. The fourth-order valence-corrected chi connectivity index (χ4v) is 2.90. The lowest BCUT2D eigenvalue weighted by Crippen LogP contribution is -2.22. The standard InChI is InChI=1S/C23H20O2/c1-2-3-7-17-10-12-19(13-11-17)22-16-20(23(24)25)14-15-21(22)18-8-5-4-6-9-18/h2,4-6,8-16H,1,3,7H2,(H,24,25)/p-1. The number of aryl methyl sites for hydroxylation is 1. The van der Waals surface area contributed by atoms with Crippen molar-refractivity contribution in [2.24, 2.45) is 0 Å². The van der Waals surface area contributed by atoms with Gasteiger partial charge in [0.1, 0.15) is 0 Å². The van der Waals surface area contributed by atoms with Gasteiger partial charge in [0, 0.05) is 0 Å². The highest BCUT2D eigenvalue weighted by molar-refractivity contribution is 5.92. The zero-order valence-corrected chi connectivity index (χ0v) is 13.9. The molecule has 0 saturated carbocycles. The molecule has 2 nitrogen and oxygen atoms in total. The van der Waals surface area contributed by atoms with Crippen molar-refractivity contribution in [3.8, 4) is 22.3 Å². The van der Waals surface area contributed by atoms with Crippen molar-refractivity contribution in [1.29, 1.82) is 0 Å². The molecule has 0 atom stereocenters. The van der Waals surface area contributed by atoms with E-state index in [1.165, 1.54) is 5.56 Å². The van der Waals surface area contributed by atoms with Gasteiger partial charge in [-0.3, -0.25) is 0 Å². The van der Waals surface area contributed by atoms with Crippen LogP contribution in [-0.4, -0.2) is 5.97 Å². The Morgan fingerprint density at radius 1 is 0.880 bits per heavy atom. The van der Waals surface area contributed by atoms with Crippen LogP contribution < -0.4 is 5.11 Å². The second-order valence-electron chi connectivity index (χ2n) is 5.94. The third-order valence-electron chi connectivity index (χ3n) is 4.24. The maximum absolute atomic E-state index is 11.3. The molecule has 0 aromatic heterocycles. The quantitative estimate of drug-likeness (QED) is 0.625. The van der Waals surface area contributed by atoms with Gasteiger partial charge in [-0.1, -0.05) is 72.8 Å². The van der Waals surface area contributed by atoms with Gasteiger partial charge >= 0.3 is 0 Å². The predicted octanol–water partition coefficient (Wildman–Crippen LogP) is 4.50. The van der Waals surface area contributed by atoms with Crippen molar-refractivity contribution in [3.63, 3.8) is 0 Å². The lowest BCUT2D eigenvalue weighted by Gasteiger charge is -2.14. The molecular weight excluding hydrogens is 308 g/mol. The number of carboxylic acids is 1. The summed E-state index contributed by atoms with van der Waals surface area (Å²) in [5.74, 6) is -1.16. The number of allylic oxidation sites excluding steroid dienone is 1. The number of hydrogen-bond donors (Lipinski definition) is 0. The average Bonchev–Trinajstić information content (AvgIpc) is 2.67. The molecule has 25 heavy (non-hydrogen) atoms. The Morgan fingerprint density at radius 2 is 1.56 bits per heavy atom. The second kappa shape index (κ2) is 7.63. The Kier molecular flexibility index (Phi) is 5.10. The Hall–Kier alpha value is -3.13. The first-order chi connectivity index (χ1) is 12.2. The van der Waals surface area contributed by atoms with Crippen LogP contribution in [0.4, 0.5) is 0 Å². The molecule has 0 saturated heterocycles. The largest absolute Gasteiger partial charge is 0.545 e. The van der Waals surface area contributed by atoms with Crippen LogP contribution in [0.15, 0.2) is 85.5 Å². The summed E-state index contributed by atoms with van der Waals surface area (Å²) < 4.78 is 0. The molecule has 0 bridgehead atoms. The van der Waals surface area contributed by atoms with E-state index in [1.807, 2.05) is 54.6 Å². The van der Waals surface area contributed by atoms with Crippen molar-refractivity contribution >= 4 is 5.97 Å². The SMILES string of the molecule is C=CCCc1ccc(-c2cc(C(=O)[O-])ccc2-c2ccccc2)cc1. The lowest BCUT2D eigenvalue weighted by molar-refractivity contribution is -0.255. The van der Waals surface area contributed by atoms with E-state index >= 15 is 0 Å². The van der Waals surface area contributed by atoms with Gasteiger partial charge in [0.25, 0.3) is 0 Å². The van der Waals surface area contributed by atoms with E-state index in [1.54, 1.807) is 12.1 Å². The minimum Gasteiger partial charge on any atom is -0.545 e. The third-order valence-corrected chi connectivity index (χ3v) is 4.24. The Labute approximate surface area is 148 Å². The molecule has 0 aliphatic heterocycles. The molecule has 0 heterocycles. The summed E-state index contributed by atoms with van der Waals surface area (Å²) in [6.45, 7) is 3.75. The van der Waals surface area contributed by atoms with Crippen LogP contribution in [0.2, 0.25) is 0 Å². The van der Waals surface area contributed by atoms with Crippen LogP contribution in [0.3, 0.4) is 0 Å². The van der Waals surface area contributed by atoms with Gasteiger partial charge in [0.05, 0.1) is 5.97 Å². The van der Waals surface area contributed by atoms with Gasteiger partial charge in [-0.25, -0.2) is 0 Å². The summed E-state index contributed by atoms with van der Waals surface area (Å²) in [7, 11) is 0. The first-order valence-corrected chi connectivity index (χ1v) is 8.30. The van der Waals surface area contributed by atoms with Crippen LogP contribution in [0.25, 0.3) is 22.3 Å². The monoisotopic (exact) mass is 327 g/mol. The van der Waals surface area contributed by atoms with E-state index < -0.39 is 5.97 Å². The molecule has 0 aliphatic carbocycles. The van der Waals surface area contributed by atoms with E-state index in [0.29, 0.717) is 0 Å². The summed E-state index contributed by atoms with van der Waals surface area (Å²) in [4.78, 5) is 11.3. The average molecular weight is 327 g/mol. The Balaban J connectivity index is 2.07. The van der Waals surface area contributed by atoms with Gasteiger partial charge in [0.15, 0.2) is 0 Å². The fraction of sp³-hybridized carbons (Fsp3) is 0.0870. The molecule has 0 aliphatic rings. The van der Waals surface area contributed by atoms with Crippen molar-refractivity contribution in [1.82, 2.24) is 0 Å². The van der Waals surface area contributed by atoms with Gasteiger partial charge < -0.3 is 9.90 Å². The molecule has 0 spiro atoms. The highest BCUT2D eigenvalue weighted by atomic mass is 16.4. The number of carbonyl (C=O) groups excluding carboxylic acids is 1. The van der Waals surface area contributed by atoms with E-state index in [2.05, 4.69) is 18.7 Å². The van der Waals surface area contributed by atoms with Crippen LogP contribution >= 0.6 is 0 Å². The molecule has 0 unspecified atom stereocenters. The molecule has 2 heteroatoms. The smallest absolute Gasteiger partial charge is 0.0715 e. The van der Waals surface area contributed by atoms with Gasteiger partial charge in [-0.15, -0.1) is 6.58 Å². The van der Waals surface area contributed by atoms with Crippen molar-refractivity contribution in [2.45, 2.75) is 12.8 Å². The molecule has 0 N–H and O–H groups in total. The van der Waals surface area contributed by atoms with Crippen LogP contribution in [0.1, 0.15) is 22.3 Å². The highest BCUT2D eigenvalue weighted by Gasteiger charge is 2.09. The summed E-state index contributed by atoms with van der Waals surface area (Å²) in [6, 6.07) is 23.3. The minimum absolute atomic E-state index is 0.186. The zero-order valence-electron chi connectivity index (χ0n) is 13.9. The number of hydrogen-bond acceptors (Lipinski definition) is 2. The fourth-order valence-electron chi connectivity index (χ4n) is 2.90. The van der Waals surface area contributed by atoms with E-state index in [4.69, 9.17) is 0 Å². The number of rotatable bonds is 6. The molecular formula is C23H19O2-. The number of benzene rings is 3. The summed E-state index contributed by atoms with van der Waals surface area (Å²) in [5, 5.41) is 11.3. The summed E-state index contributed by atoms with van der Waals surface area (Å²) >= 11 is 0. The molecule has 3 rings (SSSR count). The maximum atomic E-state index is 11.3. The van der Waals surface area contributed by atoms with E-state index in [-0.39, 0.29) is 5.56 Å². The van der Waals surface area contributed by atoms with E-state index in [0.717, 1.165) is 35.1 Å². The van der Waals surface area contributed by atoms with Crippen LogP contribution in [-0.2, 0) is 6.42 Å². The van der Waals surface area contributed by atoms with Crippen LogP contribution in [0, 0.1) is 0 Å². The first-order valence-electron chi connectivity index (χ1n) is 8.30. The van der Waals surface area contributed by atoms with Crippen molar-refractivity contribution in [3.05, 3.63) is 96.6 Å². The molecule has 0 radical (unpaired) electrons. The van der Waals surface area contributed by atoms with Crippen molar-refractivity contribution in [2.75, 3.05) is 0 Å². The zero-order chi connectivity index (χ0) is 17.6. The summed E-state index contributed by atoms with van der Waals surface area (Å²) in [5.41, 5.74) is 5.36. The minimum atomic E-state index is -1.16. The van der Waals surface area contributed by atoms with Gasteiger partial charge in [0.2, 0.25) is 0 Å². The molecule has 3 aromatic carbocycles. The predicted molar refractivity (Wildman–Crippen MR) is 100 cm³/mol. The Bertz CT molecular complexity index is 878. The third kappa shape index (κ3) is 3.86. The molecule has 0 fully saturated rings. The lowest BCUT2D eigenvalue weighted by atomic mass is 9.92. The number of carbonyl (C=O) groups is 1. The van der Waals surface area contributed by atoms with E-state index in [9.17, 15) is 9.90 Å². The van der Waals surface area contributed by atoms with Crippen LogP contribution in [0.5, 0.6) is 0 Å². The number of carboxylic acid groups (broad SMARTS) is 1. The second-order valence-corrected chi connectivity index (χ2v) is 5.94. The first kappa shape index (κ1) is 16.7. The van der Waals surface area contributed by atoms with Gasteiger partial charge in [-0.05, 0) is 52.3 Å². The normalized spacial score (nSPS) is 10.4. The Morgan fingerprint density at radius 3 is 2.20 bits per heavy atom. The summed E-state index contributed by atoms with van der Waals surface area (Å²) in [6.07, 6.45) is 3.80. The maximum Gasteiger partial charge on any atom is 0.0715 e. The van der Waals surface area contributed by atoms with Gasteiger partial charge in [-0.2, -0.15) is 0 Å². The molecule has 124 valence electrons.